The maximum Gasteiger partial charge on any atom is 0.309 e. The van der Waals surface area contributed by atoms with Gasteiger partial charge >= 0.3 is 5.97 Å². The van der Waals surface area contributed by atoms with Crippen LogP contribution in [0.15, 0.2) is 12.1 Å². The summed E-state index contributed by atoms with van der Waals surface area (Å²) in [5, 5.41) is 0. The molecule has 0 aliphatic heterocycles. The molecule has 2 N–H and O–H groups in total. The molecule has 1 aromatic carbocycles. The Morgan fingerprint density at radius 3 is 2.79 bits per heavy atom. The van der Waals surface area contributed by atoms with Crippen molar-refractivity contribution in [1.82, 2.24) is 0 Å². The first-order valence-corrected chi connectivity index (χ1v) is 4.16. The van der Waals surface area contributed by atoms with Crippen molar-refractivity contribution >= 4 is 11.7 Å². The number of halogens is 1. The minimum atomic E-state index is -0.462. The van der Waals surface area contributed by atoms with Gasteiger partial charge in [0.2, 0.25) is 0 Å². The van der Waals surface area contributed by atoms with E-state index in [2.05, 4.69) is 4.74 Å². The van der Waals surface area contributed by atoms with E-state index in [1.54, 1.807) is 6.92 Å². The highest BCUT2D eigenvalue weighted by molar-refractivity contribution is 5.73. The Kier molecular flexibility index (Phi) is 3.06. The molecule has 1 rings (SSSR count). The molecule has 0 unspecified atom stereocenters. The highest BCUT2D eigenvalue weighted by Gasteiger charge is 2.10. The van der Waals surface area contributed by atoms with Crippen molar-refractivity contribution in [3.05, 3.63) is 29.1 Å². The molecule has 0 fully saturated rings. The average Bonchev–Trinajstić information content (AvgIpc) is 2.19. The van der Waals surface area contributed by atoms with Crippen LogP contribution in [0.25, 0.3) is 0 Å². The number of nitrogens with two attached hydrogens (primary N) is 1. The van der Waals surface area contributed by atoms with E-state index in [1.165, 1.54) is 19.2 Å². The van der Waals surface area contributed by atoms with Crippen molar-refractivity contribution in [2.75, 3.05) is 12.8 Å². The Morgan fingerprint density at radius 2 is 2.21 bits per heavy atom. The summed E-state index contributed by atoms with van der Waals surface area (Å²) in [5.41, 5.74) is 6.85. The molecule has 0 aromatic heterocycles. The van der Waals surface area contributed by atoms with Crippen molar-refractivity contribution < 1.29 is 13.9 Å². The number of carbonyl (C=O) groups is 1. The van der Waals surface area contributed by atoms with E-state index in [0.29, 0.717) is 11.1 Å². The minimum Gasteiger partial charge on any atom is -0.469 e. The molecule has 3 nitrogen and oxygen atoms in total. The summed E-state index contributed by atoms with van der Waals surface area (Å²) in [6, 6.07) is 2.79. The van der Waals surface area contributed by atoms with E-state index in [4.69, 9.17) is 5.73 Å². The molecule has 0 radical (unpaired) electrons. The fraction of sp³-hybridized carbons (Fsp3) is 0.300. The van der Waals surface area contributed by atoms with Crippen molar-refractivity contribution in [2.24, 2.45) is 0 Å². The average molecular weight is 197 g/mol. The Labute approximate surface area is 81.7 Å². The first-order valence-electron chi connectivity index (χ1n) is 4.16. The van der Waals surface area contributed by atoms with E-state index >= 15 is 0 Å². The van der Waals surface area contributed by atoms with Crippen LogP contribution in [0.4, 0.5) is 10.1 Å². The quantitative estimate of drug-likeness (QED) is 0.576. The summed E-state index contributed by atoms with van der Waals surface area (Å²) >= 11 is 0. The SMILES string of the molecule is COC(=O)Cc1ccc(F)c(N)c1C. The summed E-state index contributed by atoms with van der Waals surface area (Å²) < 4.78 is 17.4. The van der Waals surface area contributed by atoms with Crippen LogP contribution in [0.1, 0.15) is 11.1 Å². The van der Waals surface area contributed by atoms with Crippen LogP contribution in [0.2, 0.25) is 0 Å². The Bertz CT molecular complexity index is 363. The van der Waals surface area contributed by atoms with Gasteiger partial charge in [0, 0.05) is 0 Å². The molecule has 0 saturated carbocycles. The van der Waals surface area contributed by atoms with E-state index in [0.717, 1.165) is 0 Å². The molecule has 4 heteroatoms. The number of methoxy groups -OCH3 is 1. The second kappa shape index (κ2) is 4.09. The van der Waals surface area contributed by atoms with Gasteiger partial charge in [-0.2, -0.15) is 0 Å². The Morgan fingerprint density at radius 1 is 1.57 bits per heavy atom. The summed E-state index contributed by atoms with van der Waals surface area (Å²) in [4.78, 5) is 11.0. The molecule has 0 spiro atoms. The molecule has 0 atom stereocenters. The lowest BCUT2D eigenvalue weighted by atomic mass is 10.0. The summed E-state index contributed by atoms with van der Waals surface area (Å²) in [6.45, 7) is 1.68. The number of carbonyl (C=O) groups excluding carboxylic acids is 1. The van der Waals surface area contributed by atoms with Gasteiger partial charge in [0.15, 0.2) is 0 Å². The van der Waals surface area contributed by atoms with Gasteiger partial charge in [-0.3, -0.25) is 4.79 Å². The van der Waals surface area contributed by atoms with Gasteiger partial charge in [0.25, 0.3) is 0 Å². The standard InChI is InChI=1S/C10H12FNO2/c1-6-7(5-9(13)14-2)3-4-8(11)10(6)12/h3-4H,5,12H2,1-2H3. The largest absolute Gasteiger partial charge is 0.469 e. The number of esters is 1. The van der Waals surface area contributed by atoms with Crippen LogP contribution in [-0.4, -0.2) is 13.1 Å². The van der Waals surface area contributed by atoms with Crippen molar-refractivity contribution in [1.29, 1.82) is 0 Å². The van der Waals surface area contributed by atoms with E-state index < -0.39 is 5.82 Å². The van der Waals surface area contributed by atoms with Crippen LogP contribution < -0.4 is 5.73 Å². The van der Waals surface area contributed by atoms with E-state index in [9.17, 15) is 9.18 Å². The molecule has 76 valence electrons. The molecule has 0 saturated heterocycles. The predicted molar refractivity (Wildman–Crippen MR) is 51.3 cm³/mol. The molecule has 0 aliphatic carbocycles. The van der Waals surface area contributed by atoms with Crippen molar-refractivity contribution in [2.45, 2.75) is 13.3 Å². The molecule has 0 aliphatic rings. The summed E-state index contributed by atoms with van der Waals surface area (Å²) in [5.74, 6) is -0.824. The third-order valence-corrected chi connectivity index (χ3v) is 2.14. The first-order chi connectivity index (χ1) is 6.56. The number of hydrogen-bond donors (Lipinski definition) is 1. The topological polar surface area (TPSA) is 52.3 Å². The van der Waals surface area contributed by atoms with Gasteiger partial charge in [-0.15, -0.1) is 0 Å². The van der Waals surface area contributed by atoms with Crippen molar-refractivity contribution in [3.8, 4) is 0 Å². The molecule has 0 bridgehead atoms. The zero-order valence-corrected chi connectivity index (χ0v) is 8.13. The highest BCUT2D eigenvalue weighted by Crippen LogP contribution is 2.20. The van der Waals surface area contributed by atoms with E-state index in [-0.39, 0.29) is 18.1 Å². The molecule has 0 heterocycles. The van der Waals surface area contributed by atoms with Gasteiger partial charge in [-0.25, -0.2) is 4.39 Å². The maximum absolute atomic E-state index is 12.9. The normalized spacial score (nSPS) is 9.93. The lowest BCUT2D eigenvalue weighted by Gasteiger charge is -2.07. The van der Waals surface area contributed by atoms with Crippen LogP contribution in [0.3, 0.4) is 0 Å². The zero-order valence-electron chi connectivity index (χ0n) is 8.13. The second-order valence-corrected chi connectivity index (χ2v) is 3.00. The van der Waals surface area contributed by atoms with Crippen LogP contribution in [0.5, 0.6) is 0 Å². The fourth-order valence-electron chi connectivity index (χ4n) is 1.16. The predicted octanol–water partition coefficient (Wildman–Crippen LogP) is 1.43. The highest BCUT2D eigenvalue weighted by atomic mass is 19.1. The van der Waals surface area contributed by atoms with Crippen molar-refractivity contribution in [3.63, 3.8) is 0 Å². The van der Waals surface area contributed by atoms with Gasteiger partial charge in [-0.05, 0) is 24.1 Å². The molecule has 14 heavy (non-hydrogen) atoms. The molecule has 1 aromatic rings. The smallest absolute Gasteiger partial charge is 0.309 e. The number of hydrogen-bond acceptors (Lipinski definition) is 3. The second-order valence-electron chi connectivity index (χ2n) is 3.00. The van der Waals surface area contributed by atoms with E-state index in [1.807, 2.05) is 0 Å². The third-order valence-electron chi connectivity index (χ3n) is 2.14. The lowest BCUT2D eigenvalue weighted by molar-refractivity contribution is -0.139. The Balaban J connectivity index is 3.00. The fourth-order valence-corrected chi connectivity index (χ4v) is 1.16. The van der Waals surface area contributed by atoms with Gasteiger partial charge in [0.05, 0.1) is 19.2 Å². The zero-order chi connectivity index (χ0) is 10.7. The van der Waals surface area contributed by atoms with Gasteiger partial charge in [0.1, 0.15) is 5.82 Å². The summed E-state index contributed by atoms with van der Waals surface area (Å²) in [7, 11) is 1.31. The summed E-state index contributed by atoms with van der Waals surface area (Å²) in [6.07, 6.45) is 0.118. The number of nitrogen functional groups attached to an aromatic ring is 1. The maximum atomic E-state index is 12.9. The lowest BCUT2D eigenvalue weighted by Crippen LogP contribution is -2.07. The van der Waals surface area contributed by atoms with Gasteiger partial charge < -0.3 is 10.5 Å². The molecule has 0 amide bonds. The number of rotatable bonds is 2. The first kappa shape index (κ1) is 10.5. The van der Waals surface area contributed by atoms with Gasteiger partial charge in [-0.1, -0.05) is 6.07 Å². The third kappa shape index (κ3) is 2.02. The number of ether oxygens (including phenoxy) is 1. The molecular weight excluding hydrogens is 185 g/mol. The Hall–Kier alpha value is -1.58. The number of benzene rings is 1. The van der Waals surface area contributed by atoms with Crippen LogP contribution in [-0.2, 0) is 16.0 Å². The number of anilines is 1. The van der Waals surface area contributed by atoms with Crippen LogP contribution >= 0.6 is 0 Å². The van der Waals surface area contributed by atoms with Crippen LogP contribution in [0, 0.1) is 12.7 Å². The minimum absolute atomic E-state index is 0.0893. The molecular formula is C10H12FNO2. The monoisotopic (exact) mass is 197 g/mol.